The van der Waals surface area contributed by atoms with Crippen LogP contribution in [-0.2, 0) is 0 Å². The largest absolute Gasteiger partial charge is 0.460 e. The SMILES string of the molecule is CN=c1scc(-c2ccc(Br)cc2)n1N=Cc1ccc(C)o1. The standard InChI is InChI=1S/C16H14BrN3OS/c1-11-3-8-14(21-11)9-19-20-15(10-22-16(20)18-2)12-4-6-13(17)7-5-12/h3-10H,1-2H3. The highest BCUT2D eigenvalue weighted by Crippen LogP contribution is 2.22. The zero-order chi connectivity index (χ0) is 15.5. The van der Waals surface area contributed by atoms with E-state index in [4.69, 9.17) is 4.42 Å². The average Bonchev–Trinajstić information content (AvgIpc) is 3.11. The van der Waals surface area contributed by atoms with E-state index in [1.165, 1.54) is 0 Å². The maximum absolute atomic E-state index is 5.52. The number of rotatable bonds is 3. The fourth-order valence-corrected chi connectivity index (χ4v) is 3.09. The molecule has 3 rings (SSSR count). The lowest BCUT2D eigenvalue weighted by Crippen LogP contribution is -2.11. The molecular weight excluding hydrogens is 362 g/mol. The summed E-state index contributed by atoms with van der Waals surface area (Å²) in [4.78, 5) is 5.11. The number of halogens is 1. The van der Waals surface area contributed by atoms with Crippen molar-refractivity contribution < 1.29 is 4.42 Å². The van der Waals surface area contributed by atoms with E-state index >= 15 is 0 Å². The summed E-state index contributed by atoms with van der Waals surface area (Å²) in [6.45, 7) is 1.91. The molecule has 0 saturated heterocycles. The number of hydrogen-bond acceptors (Lipinski definition) is 4. The molecule has 4 nitrogen and oxygen atoms in total. The fourth-order valence-electron chi connectivity index (χ4n) is 2.02. The highest BCUT2D eigenvalue weighted by atomic mass is 79.9. The van der Waals surface area contributed by atoms with E-state index < -0.39 is 0 Å². The molecule has 0 atom stereocenters. The van der Waals surface area contributed by atoms with Gasteiger partial charge in [0, 0.05) is 22.5 Å². The van der Waals surface area contributed by atoms with Crippen molar-refractivity contribution >= 4 is 33.5 Å². The Morgan fingerprint density at radius 3 is 2.59 bits per heavy atom. The van der Waals surface area contributed by atoms with Crippen molar-refractivity contribution in [2.75, 3.05) is 7.05 Å². The average molecular weight is 376 g/mol. The number of aromatic nitrogens is 1. The number of aryl methyl sites for hydroxylation is 1. The second-order valence-corrected chi connectivity index (χ2v) is 6.39. The van der Waals surface area contributed by atoms with Gasteiger partial charge in [0.25, 0.3) is 0 Å². The van der Waals surface area contributed by atoms with Gasteiger partial charge < -0.3 is 4.42 Å². The van der Waals surface area contributed by atoms with Crippen LogP contribution in [0.25, 0.3) is 11.3 Å². The first-order valence-electron chi connectivity index (χ1n) is 6.67. The van der Waals surface area contributed by atoms with Crippen molar-refractivity contribution in [1.29, 1.82) is 0 Å². The molecule has 0 N–H and O–H groups in total. The Morgan fingerprint density at radius 1 is 1.18 bits per heavy atom. The summed E-state index contributed by atoms with van der Waals surface area (Å²) in [5.74, 6) is 1.59. The number of benzene rings is 1. The van der Waals surface area contributed by atoms with E-state index in [9.17, 15) is 0 Å². The summed E-state index contributed by atoms with van der Waals surface area (Å²) < 4.78 is 8.39. The molecular formula is C16H14BrN3OS. The molecule has 1 aromatic carbocycles. The van der Waals surface area contributed by atoms with Gasteiger partial charge in [-0.1, -0.05) is 28.1 Å². The van der Waals surface area contributed by atoms with Crippen molar-refractivity contribution in [3.8, 4) is 11.3 Å². The highest BCUT2D eigenvalue weighted by Gasteiger charge is 2.07. The minimum atomic E-state index is 0.722. The van der Waals surface area contributed by atoms with Crippen LogP contribution in [0.3, 0.4) is 0 Å². The molecule has 0 radical (unpaired) electrons. The summed E-state index contributed by atoms with van der Waals surface area (Å²) in [7, 11) is 1.76. The van der Waals surface area contributed by atoms with E-state index in [0.29, 0.717) is 0 Å². The van der Waals surface area contributed by atoms with E-state index in [1.54, 1.807) is 24.6 Å². The third-order valence-corrected chi connectivity index (χ3v) is 4.51. The van der Waals surface area contributed by atoms with Gasteiger partial charge in [-0.15, -0.1) is 11.3 Å². The molecule has 0 bridgehead atoms. The third-order valence-electron chi connectivity index (χ3n) is 3.08. The second-order valence-electron chi connectivity index (χ2n) is 4.64. The summed E-state index contributed by atoms with van der Waals surface area (Å²) in [6.07, 6.45) is 1.71. The van der Waals surface area contributed by atoms with E-state index in [1.807, 2.05) is 35.9 Å². The minimum absolute atomic E-state index is 0.722. The topological polar surface area (TPSA) is 42.8 Å². The van der Waals surface area contributed by atoms with Gasteiger partial charge in [-0.2, -0.15) is 5.10 Å². The van der Waals surface area contributed by atoms with Crippen molar-refractivity contribution in [1.82, 2.24) is 4.68 Å². The van der Waals surface area contributed by atoms with Crippen LogP contribution in [0.4, 0.5) is 0 Å². The predicted molar refractivity (Wildman–Crippen MR) is 93.4 cm³/mol. The number of thiazole rings is 1. The summed E-state index contributed by atoms with van der Waals surface area (Å²) in [6, 6.07) is 11.9. The lowest BCUT2D eigenvalue weighted by molar-refractivity contribution is 0.527. The molecule has 0 aliphatic rings. The van der Waals surface area contributed by atoms with Gasteiger partial charge >= 0.3 is 0 Å². The van der Waals surface area contributed by atoms with Gasteiger partial charge in [0.05, 0.1) is 11.9 Å². The molecule has 112 valence electrons. The third kappa shape index (κ3) is 3.13. The number of hydrogen-bond donors (Lipinski definition) is 0. The lowest BCUT2D eigenvalue weighted by atomic mass is 10.2. The molecule has 0 spiro atoms. The molecule has 0 fully saturated rings. The van der Waals surface area contributed by atoms with Crippen LogP contribution in [0.2, 0.25) is 0 Å². The molecule has 6 heteroatoms. The molecule has 0 aliphatic heterocycles. The fraction of sp³-hybridized carbons (Fsp3) is 0.125. The van der Waals surface area contributed by atoms with E-state index in [-0.39, 0.29) is 0 Å². The lowest BCUT2D eigenvalue weighted by Gasteiger charge is -2.03. The van der Waals surface area contributed by atoms with Crippen LogP contribution >= 0.6 is 27.3 Å². The Hall–Kier alpha value is -1.92. The molecule has 2 heterocycles. The van der Waals surface area contributed by atoms with Crippen molar-refractivity contribution in [2.24, 2.45) is 10.1 Å². The first kappa shape index (κ1) is 15.0. The van der Waals surface area contributed by atoms with Crippen LogP contribution < -0.4 is 4.80 Å². The first-order chi connectivity index (χ1) is 10.7. The van der Waals surface area contributed by atoms with Gasteiger partial charge in [-0.25, -0.2) is 4.68 Å². The molecule has 0 aliphatic carbocycles. The predicted octanol–water partition coefficient (Wildman–Crippen LogP) is 4.29. The van der Waals surface area contributed by atoms with Gasteiger partial charge in [-0.05, 0) is 31.2 Å². The normalized spacial score (nSPS) is 12.4. The quantitative estimate of drug-likeness (QED) is 0.629. The van der Waals surface area contributed by atoms with Gasteiger partial charge in [0.2, 0.25) is 4.80 Å². The van der Waals surface area contributed by atoms with Crippen LogP contribution in [0.1, 0.15) is 11.5 Å². The van der Waals surface area contributed by atoms with Gasteiger partial charge in [0.15, 0.2) is 0 Å². The maximum atomic E-state index is 5.52. The summed E-state index contributed by atoms with van der Waals surface area (Å²) in [5.41, 5.74) is 2.08. The molecule has 2 aromatic heterocycles. The summed E-state index contributed by atoms with van der Waals surface area (Å²) >= 11 is 5.01. The van der Waals surface area contributed by atoms with E-state index in [0.717, 1.165) is 32.1 Å². The van der Waals surface area contributed by atoms with Crippen LogP contribution in [0.15, 0.2) is 60.8 Å². The number of furan rings is 1. The smallest absolute Gasteiger partial charge is 0.205 e. The van der Waals surface area contributed by atoms with E-state index in [2.05, 4.69) is 43.5 Å². The Balaban J connectivity index is 2.04. The Morgan fingerprint density at radius 2 is 1.95 bits per heavy atom. The van der Waals surface area contributed by atoms with Crippen molar-refractivity contribution in [2.45, 2.75) is 6.92 Å². The van der Waals surface area contributed by atoms with Crippen LogP contribution in [0.5, 0.6) is 0 Å². The van der Waals surface area contributed by atoms with Crippen molar-refractivity contribution in [3.63, 3.8) is 0 Å². The first-order valence-corrected chi connectivity index (χ1v) is 8.35. The molecule has 0 saturated carbocycles. The van der Waals surface area contributed by atoms with Gasteiger partial charge in [-0.3, -0.25) is 4.99 Å². The molecule has 0 amide bonds. The molecule has 3 aromatic rings. The molecule has 22 heavy (non-hydrogen) atoms. The van der Waals surface area contributed by atoms with Gasteiger partial charge in [0.1, 0.15) is 11.5 Å². The van der Waals surface area contributed by atoms with Crippen molar-refractivity contribution in [3.05, 3.63) is 62.6 Å². The Kier molecular flexibility index (Phi) is 4.40. The highest BCUT2D eigenvalue weighted by molar-refractivity contribution is 9.10. The van der Waals surface area contributed by atoms with Crippen LogP contribution in [0, 0.1) is 6.92 Å². The monoisotopic (exact) mass is 375 g/mol. The second kappa shape index (κ2) is 6.46. The number of nitrogens with zero attached hydrogens (tertiary/aromatic N) is 3. The maximum Gasteiger partial charge on any atom is 0.205 e. The minimum Gasteiger partial charge on any atom is -0.460 e. The summed E-state index contributed by atoms with van der Waals surface area (Å²) in [5, 5.41) is 6.57. The zero-order valence-corrected chi connectivity index (χ0v) is 14.6. The zero-order valence-electron chi connectivity index (χ0n) is 12.2. The Bertz CT molecular complexity index is 871. The Labute approximate surface area is 140 Å². The molecule has 0 unspecified atom stereocenters. The van der Waals surface area contributed by atoms with Crippen LogP contribution in [-0.4, -0.2) is 17.9 Å².